The summed E-state index contributed by atoms with van der Waals surface area (Å²) in [4.78, 5) is 35.7. The van der Waals surface area contributed by atoms with E-state index in [-0.39, 0.29) is 11.3 Å². The summed E-state index contributed by atoms with van der Waals surface area (Å²) in [5.41, 5.74) is 0.621. The van der Waals surface area contributed by atoms with E-state index in [4.69, 9.17) is 0 Å². The van der Waals surface area contributed by atoms with Gasteiger partial charge in [-0.25, -0.2) is 9.97 Å². The first-order valence-electron chi connectivity index (χ1n) is 8.57. The maximum Gasteiger partial charge on any atom is 0.283 e. The highest BCUT2D eigenvalue weighted by Crippen LogP contribution is 2.08. The third-order valence-electron chi connectivity index (χ3n) is 4.37. The summed E-state index contributed by atoms with van der Waals surface area (Å²) in [7, 11) is 0. The monoisotopic (exact) mass is 329 g/mol. The molecule has 0 saturated carbocycles. The van der Waals surface area contributed by atoms with Crippen molar-refractivity contribution in [3.63, 3.8) is 0 Å². The first-order chi connectivity index (χ1) is 11.7. The van der Waals surface area contributed by atoms with Gasteiger partial charge in [-0.2, -0.15) is 0 Å². The standard InChI is InChI=1S/C17H23N5O2/c1-2-22-15-13(7-5-8-18-15)20-14(17(22)24)16(23)19-9-6-12-21-10-3-4-11-21/h5,7-8H,2-4,6,9-12H2,1H3,(H,19,23). The molecule has 1 amide bonds. The molecule has 24 heavy (non-hydrogen) atoms. The number of amides is 1. The average molecular weight is 329 g/mol. The van der Waals surface area contributed by atoms with Gasteiger partial charge in [0, 0.05) is 19.3 Å². The van der Waals surface area contributed by atoms with Crippen LogP contribution in [0.5, 0.6) is 0 Å². The Hall–Kier alpha value is -2.28. The van der Waals surface area contributed by atoms with Gasteiger partial charge in [0.1, 0.15) is 5.52 Å². The van der Waals surface area contributed by atoms with E-state index in [1.54, 1.807) is 18.3 Å². The van der Waals surface area contributed by atoms with Crippen LogP contribution in [0.3, 0.4) is 0 Å². The minimum atomic E-state index is -0.408. The minimum absolute atomic E-state index is 0.0569. The van der Waals surface area contributed by atoms with Crippen molar-refractivity contribution in [3.05, 3.63) is 34.4 Å². The van der Waals surface area contributed by atoms with E-state index in [2.05, 4.69) is 20.2 Å². The molecule has 3 heterocycles. The highest BCUT2D eigenvalue weighted by Gasteiger charge is 2.17. The molecule has 0 spiro atoms. The van der Waals surface area contributed by atoms with Gasteiger partial charge in [-0.15, -0.1) is 0 Å². The quantitative estimate of drug-likeness (QED) is 0.801. The van der Waals surface area contributed by atoms with Crippen molar-refractivity contribution in [2.75, 3.05) is 26.2 Å². The zero-order valence-corrected chi connectivity index (χ0v) is 14.0. The van der Waals surface area contributed by atoms with E-state index in [9.17, 15) is 9.59 Å². The van der Waals surface area contributed by atoms with Crippen LogP contribution in [0.1, 0.15) is 36.7 Å². The molecule has 128 valence electrons. The summed E-state index contributed by atoms with van der Waals surface area (Å²) in [6.07, 6.45) is 5.02. The van der Waals surface area contributed by atoms with Gasteiger partial charge < -0.3 is 10.2 Å². The zero-order chi connectivity index (χ0) is 16.9. The topological polar surface area (TPSA) is 80.1 Å². The fraction of sp³-hybridized carbons (Fsp3) is 0.529. The molecule has 0 aromatic carbocycles. The van der Waals surface area contributed by atoms with Gasteiger partial charge in [-0.1, -0.05) is 0 Å². The molecule has 1 fully saturated rings. The Kier molecular flexibility index (Phi) is 5.20. The number of rotatable bonds is 6. The summed E-state index contributed by atoms with van der Waals surface area (Å²) >= 11 is 0. The zero-order valence-electron chi connectivity index (χ0n) is 14.0. The number of aromatic nitrogens is 3. The summed E-state index contributed by atoms with van der Waals surface area (Å²) in [5.74, 6) is -0.408. The molecule has 2 aromatic rings. The predicted octanol–water partition coefficient (Wildman–Crippen LogP) is 1.03. The Bertz CT molecular complexity index is 780. The Morgan fingerprint density at radius 1 is 1.33 bits per heavy atom. The Labute approximate surface area is 140 Å². The molecule has 1 aliphatic rings. The normalized spacial score (nSPS) is 15.0. The summed E-state index contributed by atoms with van der Waals surface area (Å²) in [6.45, 7) is 6.13. The van der Waals surface area contributed by atoms with Crippen molar-refractivity contribution in [1.29, 1.82) is 0 Å². The number of hydrogen-bond acceptors (Lipinski definition) is 5. The molecule has 0 atom stereocenters. The van der Waals surface area contributed by atoms with E-state index in [0.29, 0.717) is 24.3 Å². The lowest BCUT2D eigenvalue weighted by Gasteiger charge is -2.14. The first kappa shape index (κ1) is 16.6. The van der Waals surface area contributed by atoms with Crippen molar-refractivity contribution in [2.45, 2.75) is 32.7 Å². The molecule has 0 radical (unpaired) electrons. The third-order valence-corrected chi connectivity index (χ3v) is 4.37. The minimum Gasteiger partial charge on any atom is -0.350 e. The lowest BCUT2D eigenvalue weighted by atomic mass is 10.3. The van der Waals surface area contributed by atoms with Crippen LogP contribution in [0.15, 0.2) is 23.1 Å². The van der Waals surface area contributed by atoms with E-state index in [0.717, 1.165) is 26.1 Å². The van der Waals surface area contributed by atoms with Gasteiger partial charge >= 0.3 is 0 Å². The van der Waals surface area contributed by atoms with Crippen molar-refractivity contribution < 1.29 is 4.79 Å². The Morgan fingerprint density at radius 3 is 2.88 bits per heavy atom. The van der Waals surface area contributed by atoms with Gasteiger partial charge in [0.05, 0.1) is 0 Å². The number of hydrogen-bond donors (Lipinski definition) is 1. The van der Waals surface area contributed by atoms with E-state index < -0.39 is 5.91 Å². The fourth-order valence-electron chi connectivity index (χ4n) is 3.11. The van der Waals surface area contributed by atoms with Gasteiger partial charge in [0.15, 0.2) is 11.3 Å². The van der Waals surface area contributed by atoms with Crippen molar-refractivity contribution in [3.8, 4) is 0 Å². The second-order valence-corrected chi connectivity index (χ2v) is 6.01. The lowest BCUT2D eigenvalue weighted by molar-refractivity contribution is 0.0945. The van der Waals surface area contributed by atoms with Gasteiger partial charge in [-0.3, -0.25) is 14.2 Å². The smallest absolute Gasteiger partial charge is 0.283 e. The Balaban J connectivity index is 1.70. The molecule has 0 bridgehead atoms. The molecular formula is C17H23N5O2. The first-order valence-corrected chi connectivity index (χ1v) is 8.57. The van der Waals surface area contributed by atoms with Crippen LogP contribution >= 0.6 is 0 Å². The van der Waals surface area contributed by atoms with Crippen LogP contribution in [-0.4, -0.2) is 51.5 Å². The maximum atomic E-state index is 12.5. The molecule has 2 aromatic heterocycles. The second-order valence-electron chi connectivity index (χ2n) is 6.01. The molecular weight excluding hydrogens is 306 g/mol. The van der Waals surface area contributed by atoms with Crippen molar-refractivity contribution in [1.82, 2.24) is 24.8 Å². The summed E-state index contributed by atoms with van der Waals surface area (Å²) in [6, 6.07) is 3.51. The number of carbonyl (C=O) groups is 1. The number of aryl methyl sites for hydroxylation is 1. The van der Waals surface area contributed by atoms with E-state index in [1.807, 2.05) is 6.92 Å². The summed E-state index contributed by atoms with van der Waals surface area (Å²) in [5, 5.41) is 2.82. The molecule has 0 unspecified atom stereocenters. The number of fused-ring (bicyclic) bond motifs is 1. The predicted molar refractivity (Wildman–Crippen MR) is 92.1 cm³/mol. The lowest BCUT2D eigenvalue weighted by Crippen LogP contribution is -2.36. The van der Waals surface area contributed by atoms with Gasteiger partial charge in [0.25, 0.3) is 11.5 Å². The van der Waals surface area contributed by atoms with Crippen LogP contribution in [0.4, 0.5) is 0 Å². The van der Waals surface area contributed by atoms with E-state index >= 15 is 0 Å². The van der Waals surface area contributed by atoms with Crippen LogP contribution in [-0.2, 0) is 6.54 Å². The fourth-order valence-corrected chi connectivity index (χ4v) is 3.11. The molecule has 1 aliphatic heterocycles. The maximum absolute atomic E-state index is 12.5. The SMILES string of the molecule is CCn1c(=O)c(C(=O)NCCCN2CCCC2)nc2cccnc21. The molecule has 1 N–H and O–H groups in total. The van der Waals surface area contributed by atoms with Crippen LogP contribution < -0.4 is 10.9 Å². The highest BCUT2D eigenvalue weighted by molar-refractivity contribution is 5.93. The number of likely N-dealkylation sites (tertiary alicyclic amines) is 1. The average Bonchev–Trinajstić information content (AvgIpc) is 3.11. The number of carbonyl (C=O) groups excluding carboxylic acids is 1. The van der Waals surface area contributed by atoms with Crippen LogP contribution in [0, 0.1) is 0 Å². The van der Waals surface area contributed by atoms with Crippen LogP contribution in [0.25, 0.3) is 11.2 Å². The highest BCUT2D eigenvalue weighted by atomic mass is 16.2. The molecule has 3 rings (SSSR count). The number of pyridine rings is 1. The third kappa shape index (κ3) is 3.46. The number of nitrogens with one attached hydrogen (secondary N) is 1. The second kappa shape index (κ2) is 7.53. The van der Waals surface area contributed by atoms with Crippen molar-refractivity contribution in [2.24, 2.45) is 0 Å². The molecule has 7 nitrogen and oxygen atoms in total. The molecule has 1 saturated heterocycles. The number of nitrogens with zero attached hydrogens (tertiary/aromatic N) is 4. The largest absolute Gasteiger partial charge is 0.350 e. The van der Waals surface area contributed by atoms with E-state index in [1.165, 1.54) is 17.4 Å². The van der Waals surface area contributed by atoms with Gasteiger partial charge in [0.2, 0.25) is 0 Å². The van der Waals surface area contributed by atoms with Crippen molar-refractivity contribution >= 4 is 17.1 Å². The van der Waals surface area contributed by atoms with Gasteiger partial charge in [-0.05, 0) is 58.0 Å². The molecule has 0 aliphatic carbocycles. The summed E-state index contributed by atoms with van der Waals surface area (Å²) < 4.78 is 1.49. The Morgan fingerprint density at radius 2 is 2.12 bits per heavy atom. The molecule has 7 heteroatoms. The van der Waals surface area contributed by atoms with Crippen LogP contribution in [0.2, 0.25) is 0 Å².